The van der Waals surface area contributed by atoms with Crippen molar-refractivity contribution in [3.63, 3.8) is 0 Å². The normalized spacial score (nSPS) is 36.6. The van der Waals surface area contributed by atoms with Gasteiger partial charge in [0.1, 0.15) is 23.7 Å². The fourth-order valence-electron chi connectivity index (χ4n) is 13.0. The summed E-state index contributed by atoms with van der Waals surface area (Å²) in [5.41, 5.74) is 6.58. The van der Waals surface area contributed by atoms with E-state index >= 15 is 0 Å². The molecule has 9 N–H and O–H groups in total. The van der Waals surface area contributed by atoms with Crippen molar-refractivity contribution >= 4 is 11.6 Å². The largest absolute Gasteiger partial charge is 0.393 e. The van der Waals surface area contributed by atoms with Gasteiger partial charge in [0.15, 0.2) is 0 Å². The Hall–Kier alpha value is -1.64. The van der Waals surface area contributed by atoms with E-state index in [0.29, 0.717) is 86.4 Å². The molecule has 0 amide bonds. The first-order valence-electron chi connectivity index (χ1n) is 25.2. The standard InChI is InChI=1S/C51H85N3O6/c1-33(2)13-20-42(41(38-25-26-53-51(52)29-38)21-14-34-9-5-4-6-10-34)47(57)23-17-36-16-22-43(48(58)24-18-37-28-50(60-3)49(59)31-44(36)37)46(56)12-8-7-11-35-27-39-15-19-40(55)30-45(39)54-32-35/h14,21,33-39,41-47,49-51,53-54,56-57,59H,4-13,15,17-20,23-32,52H2,1-3H3/p+2/t35-,36+,37?,38?,39-,41+,42+,43+,44?,45+,46+,47-,49?,50?,51?/m0/s1. The number of unbranched alkanes of at least 4 members (excludes halogenated alkanes) is 1. The highest BCUT2D eigenvalue weighted by molar-refractivity contribution is 5.84. The van der Waals surface area contributed by atoms with E-state index in [4.69, 9.17) is 10.5 Å². The Morgan fingerprint density at radius 1 is 0.867 bits per heavy atom. The molecule has 0 bridgehead atoms. The van der Waals surface area contributed by atoms with Gasteiger partial charge in [0, 0.05) is 50.5 Å². The van der Waals surface area contributed by atoms with Crippen molar-refractivity contribution in [2.24, 2.45) is 70.8 Å². The second-order valence-electron chi connectivity index (χ2n) is 21.4. The highest BCUT2D eigenvalue weighted by atomic mass is 16.5. The van der Waals surface area contributed by atoms with Crippen molar-refractivity contribution in [1.29, 1.82) is 0 Å². The maximum Gasteiger partial charge on any atom is 0.150 e. The van der Waals surface area contributed by atoms with E-state index in [1.165, 1.54) is 38.5 Å². The minimum Gasteiger partial charge on any atom is -0.393 e. The van der Waals surface area contributed by atoms with Gasteiger partial charge < -0.3 is 30.7 Å². The number of allylic oxidation sites excluding steroid dienone is 2. The number of carbonyl (C=O) groups is 2. The highest BCUT2D eigenvalue weighted by Crippen LogP contribution is 2.43. The molecule has 6 rings (SSSR count). The summed E-state index contributed by atoms with van der Waals surface area (Å²) in [7, 11) is 1.67. The van der Waals surface area contributed by atoms with E-state index in [1.807, 2.05) is 0 Å². The van der Waals surface area contributed by atoms with Gasteiger partial charge in [-0.25, -0.2) is 0 Å². The summed E-state index contributed by atoms with van der Waals surface area (Å²) >= 11 is 0. The van der Waals surface area contributed by atoms with E-state index in [2.05, 4.69) is 48.5 Å². The van der Waals surface area contributed by atoms with E-state index in [-0.39, 0.29) is 47.6 Å². The van der Waals surface area contributed by atoms with Crippen LogP contribution in [0.2, 0.25) is 0 Å². The fraction of sp³-hybridized carbons (Fsp3) is 0.882. The lowest BCUT2D eigenvalue weighted by Gasteiger charge is -2.42. The van der Waals surface area contributed by atoms with E-state index < -0.39 is 24.2 Å². The molecule has 3 saturated carbocycles. The molecule has 5 fully saturated rings. The zero-order valence-electron chi connectivity index (χ0n) is 37.9. The molecule has 0 aromatic carbocycles. The summed E-state index contributed by atoms with van der Waals surface area (Å²) in [6, 6.07) is 0.480. The third-order valence-corrected chi connectivity index (χ3v) is 16.7. The molecule has 15 atom stereocenters. The quantitative estimate of drug-likeness (QED) is 0.0609. The number of ether oxygens (including phenoxy) is 1. The maximum atomic E-state index is 13.9. The van der Waals surface area contributed by atoms with Gasteiger partial charge in [-0.3, -0.25) is 15.3 Å². The molecule has 6 aliphatic rings. The Labute approximate surface area is 364 Å². The first-order valence-corrected chi connectivity index (χ1v) is 25.2. The van der Waals surface area contributed by atoms with Gasteiger partial charge in [-0.2, -0.15) is 0 Å². The molecule has 340 valence electrons. The maximum absolute atomic E-state index is 13.9. The van der Waals surface area contributed by atoms with Crippen LogP contribution in [0, 0.1) is 76.9 Å². The van der Waals surface area contributed by atoms with Crippen LogP contribution >= 0.6 is 0 Å². The molecule has 2 saturated heterocycles. The summed E-state index contributed by atoms with van der Waals surface area (Å²) < 4.78 is 5.76. The van der Waals surface area contributed by atoms with Crippen LogP contribution < -0.4 is 16.4 Å². The minimum absolute atomic E-state index is 0.0403. The van der Waals surface area contributed by atoms with Crippen molar-refractivity contribution in [3.05, 3.63) is 12.2 Å². The zero-order chi connectivity index (χ0) is 42.6. The number of ketones is 2. The number of aliphatic hydroxyl groups is 3. The van der Waals surface area contributed by atoms with Crippen molar-refractivity contribution < 1.29 is 40.3 Å². The van der Waals surface area contributed by atoms with Gasteiger partial charge in [-0.15, -0.1) is 0 Å². The molecule has 0 aromatic heterocycles. The van der Waals surface area contributed by atoms with Crippen LogP contribution in [-0.4, -0.2) is 83.7 Å². The summed E-state index contributed by atoms with van der Waals surface area (Å²) in [6.45, 7) is 6.70. The van der Waals surface area contributed by atoms with Crippen molar-refractivity contribution in [3.8, 4) is 11.8 Å². The van der Waals surface area contributed by atoms with Gasteiger partial charge in [0.2, 0.25) is 0 Å². The number of nitrogens with two attached hydrogens (primary N) is 3. The lowest BCUT2D eigenvalue weighted by Crippen LogP contribution is -2.95. The molecule has 0 radical (unpaired) electrons. The number of piperidine rings is 2. The Balaban J connectivity index is 1.15. The Kier molecular flexibility index (Phi) is 19.0. The number of rotatable bonds is 18. The van der Waals surface area contributed by atoms with E-state index in [1.54, 1.807) is 7.11 Å². The van der Waals surface area contributed by atoms with Crippen LogP contribution in [0.3, 0.4) is 0 Å². The molecule has 4 aliphatic carbocycles. The predicted molar refractivity (Wildman–Crippen MR) is 237 cm³/mol. The molecular weight excluding hydrogens is 751 g/mol. The first-order chi connectivity index (χ1) is 29.0. The molecule has 60 heavy (non-hydrogen) atoms. The second-order valence-corrected chi connectivity index (χ2v) is 21.4. The van der Waals surface area contributed by atoms with Gasteiger partial charge >= 0.3 is 0 Å². The molecule has 6 unspecified atom stereocenters. The van der Waals surface area contributed by atoms with Gasteiger partial charge in [-0.1, -0.05) is 76.4 Å². The third-order valence-electron chi connectivity index (χ3n) is 16.7. The summed E-state index contributed by atoms with van der Waals surface area (Å²) in [5, 5.41) is 40.0. The second kappa shape index (κ2) is 23.9. The lowest BCUT2D eigenvalue weighted by molar-refractivity contribution is -0.711. The number of carbonyl (C=O) groups excluding carboxylic acids is 2. The summed E-state index contributed by atoms with van der Waals surface area (Å²) in [5.74, 6) is 10.3. The summed E-state index contributed by atoms with van der Waals surface area (Å²) in [6.07, 6.45) is 24.7. The van der Waals surface area contributed by atoms with Gasteiger partial charge in [-0.05, 0) is 118 Å². The molecular formula is C51H87N3O6+2. The minimum atomic E-state index is -0.795. The number of hydrogen-bond acceptors (Lipinski definition) is 7. The molecule has 2 heterocycles. The van der Waals surface area contributed by atoms with Crippen LogP contribution in [0.15, 0.2) is 12.2 Å². The Morgan fingerprint density at radius 2 is 1.67 bits per heavy atom. The van der Waals surface area contributed by atoms with Crippen LogP contribution in [0.25, 0.3) is 0 Å². The predicted octanol–water partition coefficient (Wildman–Crippen LogP) is 5.43. The molecule has 0 spiro atoms. The number of aliphatic hydroxyl groups excluding tert-OH is 3. The Bertz CT molecular complexity index is 1420. The van der Waals surface area contributed by atoms with Crippen molar-refractivity contribution in [2.75, 3.05) is 20.2 Å². The smallest absolute Gasteiger partial charge is 0.150 e. The first kappa shape index (κ1) is 47.8. The van der Waals surface area contributed by atoms with Gasteiger partial charge in [0.25, 0.3) is 0 Å². The van der Waals surface area contributed by atoms with E-state index in [0.717, 1.165) is 77.3 Å². The number of quaternary nitrogens is 2. The third kappa shape index (κ3) is 13.7. The fourth-order valence-corrected chi connectivity index (χ4v) is 13.0. The Morgan fingerprint density at radius 3 is 2.43 bits per heavy atom. The summed E-state index contributed by atoms with van der Waals surface area (Å²) in [4.78, 5) is 25.8. The average molecular weight is 838 g/mol. The average Bonchev–Trinajstić information content (AvgIpc) is 3.30. The number of fused-ring (bicyclic) bond motifs is 2. The van der Waals surface area contributed by atoms with Crippen LogP contribution in [0.1, 0.15) is 162 Å². The highest BCUT2D eigenvalue weighted by Gasteiger charge is 2.43. The van der Waals surface area contributed by atoms with Gasteiger partial charge in [0.05, 0.1) is 50.0 Å². The molecule has 0 aromatic rings. The van der Waals surface area contributed by atoms with Crippen molar-refractivity contribution in [2.45, 2.75) is 198 Å². The van der Waals surface area contributed by atoms with Crippen molar-refractivity contribution in [1.82, 2.24) is 0 Å². The molecule has 9 heteroatoms. The number of hydrogen-bond donors (Lipinski definition) is 6. The SMILES string of the molecule is COC1CC2CCC(=O)[C@@H]([C@H](O)CCCC[C@@H]3C[NH2+][C@@H]4CC(=O)CC[C@H]4C3)C#C[C@H](CC[C@H](O)[C@H](CCC(C)C)[C@H](C=CC3CCCCC3)C3CC[NH2+]C(N)C3)C2CC1O. The lowest BCUT2D eigenvalue weighted by atomic mass is 9.67. The monoisotopic (exact) mass is 838 g/mol. The van der Waals surface area contributed by atoms with Crippen LogP contribution in [-0.2, 0) is 14.3 Å². The van der Waals surface area contributed by atoms with E-state index in [9.17, 15) is 24.9 Å². The molecule has 9 nitrogen and oxygen atoms in total. The van der Waals surface area contributed by atoms with Crippen LogP contribution in [0.4, 0.5) is 0 Å². The molecule has 2 aliphatic heterocycles. The topological polar surface area (TPSA) is 163 Å². The number of methoxy groups -OCH3 is 1. The van der Waals surface area contributed by atoms with Crippen LogP contribution in [0.5, 0.6) is 0 Å². The zero-order valence-corrected chi connectivity index (χ0v) is 37.9. The number of Topliss-reactive ketones (excluding diaryl/α,β-unsaturated/α-hetero) is 2.